The number of thioether (sulfide) groups is 1. The number of carbonyl (C=O) groups is 2. The van der Waals surface area contributed by atoms with Gasteiger partial charge in [-0.15, -0.1) is 11.8 Å². The van der Waals surface area contributed by atoms with Gasteiger partial charge in [0.25, 0.3) is 0 Å². The van der Waals surface area contributed by atoms with Crippen LogP contribution in [0.25, 0.3) is 0 Å². The van der Waals surface area contributed by atoms with Gasteiger partial charge < -0.3 is 9.64 Å². The fraction of sp³-hybridized carbons (Fsp3) is 0.429. The van der Waals surface area contributed by atoms with E-state index in [0.717, 1.165) is 5.56 Å². The second kappa shape index (κ2) is 8.58. The number of rotatable bonds is 7. The Morgan fingerprint density at radius 3 is 2.55 bits per heavy atom. The molecule has 0 spiro atoms. The van der Waals surface area contributed by atoms with E-state index in [1.54, 1.807) is 19.2 Å². The normalized spacial score (nSPS) is 10.2. The summed E-state index contributed by atoms with van der Waals surface area (Å²) in [5.74, 6) is 0.341. The van der Waals surface area contributed by atoms with Crippen molar-refractivity contribution >= 4 is 23.6 Å². The Balaban J connectivity index is 2.25. The van der Waals surface area contributed by atoms with Crippen LogP contribution in [0.3, 0.4) is 0 Å². The average molecular weight is 299 g/mol. The van der Waals surface area contributed by atoms with Gasteiger partial charge in [0.2, 0.25) is 5.91 Å². The van der Waals surface area contributed by atoms with Gasteiger partial charge in [-0.3, -0.25) is 9.59 Å². The predicted octanol–water partition coefficient (Wildman–Crippen LogP) is 2.08. The number of ether oxygens (including phenoxy) is 1. The van der Waals surface area contributed by atoms with Crippen molar-refractivity contribution in [2.45, 2.75) is 12.2 Å². The summed E-state index contributed by atoms with van der Waals surface area (Å²) in [5, 5.41) is 0. The second-order valence-electron chi connectivity index (χ2n) is 4.26. The van der Waals surface area contributed by atoms with Crippen LogP contribution in [0.15, 0.2) is 24.3 Å². The van der Waals surface area contributed by atoms with Gasteiger partial charge in [-0.25, -0.2) is 4.39 Å². The van der Waals surface area contributed by atoms with Gasteiger partial charge in [0.1, 0.15) is 5.82 Å². The summed E-state index contributed by atoms with van der Waals surface area (Å²) in [4.78, 5) is 24.3. The van der Waals surface area contributed by atoms with Crippen molar-refractivity contribution in [3.05, 3.63) is 35.6 Å². The lowest BCUT2D eigenvalue weighted by molar-refractivity contribution is -0.141. The largest absolute Gasteiger partial charge is 0.469 e. The highest BCUT2D eigenvalue weighted by Crippen LogP contribution is 2.13. The number of methoxy groups -OCH3 is 1. The third-order valence-corrected chi connectivity index (χ3v) is 3.70. The lowest BCUT2D eigenvalue weighted by Gasteiger charge is -2.16. The monoisotopic (exact) mass is 299 g/mol. The number of hydrogen-bond acceptors (Lipinski definition) is 4. The lowest BCUT2D eigenvalue weighted by atomic mass is 10.2. The molecule has 0 radical (unpaired) electrons. The molecule has 0 bridgehead atoms. The highest BCUT2D eigenvalue weighted by molar-refractivity contribution is 7.99. The molecular weight excluding hydrogens is 281 g/mol. The molecule has 0 unspecified atom stereocenters. The van der Waals surface area contributed by atoms with Gasteiger partial charge in [0, 0.05) is 19.3 Å². The van der Waals surface area contributed by atoms with E-state index in [9.17, 15) is 14.0 Å². The zero-order valence-corrected chi connectivity index (χ0v) is 12.4. The number of hydrogen-bond donors (Lipinski definition) is 0. The third kappa shape index (κ3) is 6.06. The van der Waals surface area contributed by atoms with E-state index < -0.39 is 0 Å². The fourth-order valence-corrected chi connectivity index (χ4v) is 2.36. The molecule has 0 saturated heterocycles. The molecule has 1 rings (SSSR count). The SMILES string of the molecule is COC(=O)CCN(C)C(=O)CSCc1ccc(F)cc1. The van der Waals surface area contributed by atoms with E-state index >= 15 is 0 Å². The Kier molecular flexibility index (Phi) is 7.08. The van der Waals surface area contributed by atoms with Crippen molar-refractivity contribution in [1.29, 1.82) is 0 Å². The summed E-state index contributed by atoms with van der Waals surface area (Å²) in [6.45, 7) is 0.350. The fourth-order valence-electron chi connectivity index (χ4n) is 1.43. The van der Waals surface area contributed by atoms with Crippen LogP contribution in [-0.2, 0) is 20.1 Å². The Morgan fingerprint density at radius 1 is 1.30 bits per heavy atom. The van der Waals surface area contributed by atoms with Crippen molar-refractivity contribution in [2.24, 2.45) is 0 Å². The zero-order valence-electron chi connectivity index (χ0n) is 11.6. The van der Waals surface area contributed by atoms with Crippen molar-refractivity contribution in [3.63, 3.8) is 0 Å². The molecule has 1 amide bonds. The van der Waals surface area contributed by atoms with Crippen LogP contribution in [-0.4, -0.2) is 43.2 Å². The maximum atomic E-state index is 12.7. The first-order chi connectivity index (χ1) is 9.52. The quantitative estimate of drug-likeness (QED) is 0.723. The lowest BCUT2D eigenvalue weighted by Crippen LogP contribution is -2.30. The Hall–Kier alpha value is -1.56. The molecule has 20 heavy (non-hydrogen) atoms. The van der Waals surface area contributed by atoms with E-state index in [1.807, 2.05) is 0 Å². The van der Waals surface area contributed by atoms with Gasteiger partial charge in [-0.2, -0.15) is 0 Å². The molecule has 0 saturated carbocycles. The smallest absolute Gasteiger partial charge is 0.307 e. The van der Waals surface area contributed by atoms with E-state index in [4.69, 9.17) is 0 Å². The van der Waals surface area contributed by atoms with Crippen molar-refractivity contribution < 1.29 is 18.7 Å². The van der Waals surface area contributed by atoms with E-state index in [1.165, 1.54) is 35.9 Å². The van der Waals surface area contributed by atoms with Gasteiger partial charge in [0.05, 0.1) is 19.3 Å². The summed E-state index contributed by atoms with van der Waals surface area (Å²) in [6.07, 6.45) is 0.196. The molecule has 0 aromatic heterocycles. The zero-order chi connectivity index (χ0) is 15.0. The minimum absolute atomic E-state index is 0.0407. The Labute approximate surface area is 122 Å². The molecule has 0 aliphatic carbocycles. The van der Waals surface area contributed by atoms with Gasteiger partial charge in [0.15, 0.2) is 0 Å². The van der Waals surface area contributed by atoms with E-state index in [2.05, 4.69) is 4.74 Å². The summed E-state index contributed by atoms with van der Waals surface area (Å²) in [5.41, 5.74) is 0.974. The number of carbonyl (C=O) groups excluding carboxylic acids is 2. The Morgan fingerprint density at radius 2 is 1.95 bits per heavy atom. The van der Waals surface area contributed by atoms with Crippen LogP contribution >= 0.6 is 11.8 Å². The summed E-state index contributed by atoms with van der Waals surface area (Å²) >= 11 is 1.46. The highest BCUT2D eigenvalue weighted by atomic mass is 32.2. The number of halogens is 1. The summed E-state index contributed by atoms with van der Waals surface area (Å²) in [7, 11) is 2.98. The van der Waals surface area contributed by atoms with Gasteiger partial charge >= 0.3 is 5.97 Å². The third-order valence-electron chi connectivity index (χ3n) is 2.71. The van der Waals surface area contributed by atoms with Crippen molar-refractivity contribution in [2.75, 3.05) is 26.5 Å². The average Bonchev–Trinajstić information content (AvgIpc) is 2.46. The summed E-state index contributed by atoms with van der Waals surface area (Å²) in [6, 6.07) is 6.21. The molecule has 0 aliphatic rings. The van der Waals surface area contributed by atoms with Gasteiger partial charge in [-0.05, 0) is 17.7 Å². The van der Waals surface area contributed by atoms with Crippen LogP contribution in [0.1, 0.15) is 12.0 Å². The summed E-state index contributed by atoms with van der Waals surface area (Å²) < 4.78 is 17.2. The minimum atomic E-state index is -0.330. The molecule has 0 fully saturated rings. The minimum Gasteiger partial charge on any atom is -0.469 e. The number of benzene rings is 1. The molecule has 6 heteroatoms. The van der Waals surface area contributed by atoms with Crippen LogP contribution in [0.5, 0.6) is 0 Å². The molecule has 0 N–H and O–H groups in total. The molecule has 110 valence electrons. The van der Waals surface area contributed by atoms with Crippen LogP contribution < -0.4 is 0 Å². The number of esters is 1. The molecular formula is C14H18FNO3S. The van der Waals surface area contributed by atoms with Crippen molar-refractivity contribution in [3.8, 4) is 0 Å². The van der Waals surface area contributed by atoms with Gasteiger partial charge in [-0.1, -0.05) is 12.1 Å². The molecule has 1 aromatic carbocycles. The molecule has 1 aromatic rings. The van der Waals surface area contributed by atoms with E-state index in [-0.39, 0.29) is 24.1 Å². The maximum Gasteiger partial charge on any atom is 0.307 e. The van der Waals surface area contributed by atoms with Crippen molar-refractivity contribution in [1.82, 2.24) is 4.90 Å². The number of amides is 1. The molecule has 0 atom stereocenters. The van der Waals surface area contributed by atoms with Crippen LogP contribution in [0, 0.1) is 5.82 Å². The second-order valence-corrected chi connectivity index (χ2v) is 5.25. The van der Waals surface area contributed by atoms with Crippen LogP contribution in [0.4, 0.5) is 4.39 Å². The van der Waals surface area contributed by atoms with Crippen LogP contribution in [0.2, 0.25) is 0 Å². The molecule has 4 nitrogen and oxygen atoms in total. The number of nitrogens with zero attached hydrogens (tertiary/aromatic N) is 1. The standard InChI is InChI=1S/C14H18FNO3S/c1-16(8-7-14(18)19-2)13(17)10-20-9-11-3-5-12(15)6-4-11/h3-6H,7-10H2,1-2H3. The molecule has 0 aliphatic heterocycles. The Bertz CT molecular complexity index is 450. The highest BCUT2D eigenvalue weighted by Gasteiger charge is 2.10. The predicted molar refractivity (Wildman–Crippen MR) is 76.8 cm³/mol. The first-order valence-electron chi connectivity index (χ1n) is 6.16. The topological polar surface area (TPSA) is 46.6 Å². The maximum absolute atomic E-state index is 12.7. The van der Waals surface area contributed by atoms with E-state index in [0.29, 0.717) is 18.1 Å². The first kappa shape index (κ1) is 16.5. The molecule has 0 heterocycles. The first-order valence-corrected chi connectivity index (χ1v) is 7.31.